The van der Waals surface area contributed by atoms with Crippen LogP contribution in [0.1, 0.15) is 36.0 Å². The van der Waals surface area contributed by atoms with Gasteiger partial charge in [-0.2, -0.15) is 5.10 Å². The molecule has 3 nitrogen and oxygen atoms in total. The van der Waals surface area contributed by atoms with Crippen LogP contribution in [0.15, 0.2) is 23.3 Å². The van der Waals surface area contributed by atoms with Gasteiger partial charge < -0.3 is 0 Å². The van der Waals surface area contributed by atoms with E-state index in [0.29, 0.717) is 15.6 Å². The van der Waals surface area contributed by atoms with Crippen molar-refractivity contribution < 1.29 is 4.79 Å². The molecular formula is C12H12Cl2N2O. The lowest BCUT2D eigenvalue weighted by Crippen LogP contribution is -2.19. The molecular weight excluding hydrogens is 259 g/mol. The molecule has 17 heavy (non-hydrogen) atoms. The number of carbonyl (C=O) groups excluding carboxylic acids is 1. The molecule has 1 aromatic rings. The van der Waals surface area contributed by atoms with E-state index in [1.54, 1.807) is 12.1 Å². The minimum Gasteiger partial charge on any atom is -0.267 e. The van der Waals surface area contributed by atoms with Gasteiger partial charge in [0.2, 0.25) is 0 Å². The lowest BCUT2D eigenvalue weighted by molar-refractivity contribution is 0.0954. The summed E-state index contributed by atoms with van der Waals surface area (Å²) in [6.07, 6.45) is 4.26. The summed E-state index contributed by atoms with van der Waals surface area (Å²) in [7, 11) is 0. The molecule has 0 aromatic heterocycles. The first-order chi connectivity index (χ1) is 8.16. The summed E-state index contributed by atoms with van der Waals surface area (Å²) in [6.45, 7) is 0. The van der Waals surface area contributed by atoms with Crippen molar-refractivity contribution in [2.24, 2.45) is 5.10 Å². The van der Waals surface area contributed by atoms with Crippen molar-refractivity contribution in [2.75, 3.05) is 0 Å². The number of amides is 1. The minimum atomic E-state index is -0.261. The summed E-state index contributed by atoms with van der Waals surface area (Å²) >= 11 is 11.6. The van der Waals surface area contributed by atoms with Crippen LogP contribution in [0.5, 0.6) is 0 Å². The Hall–Kier alpha value is -1.06. The molecule has 0 aliphatic heterocycles. The van der Waals surface area contributed by atoms with Crippen molar-refractivity contribution in [3.05, 3.63) is 33.8 Å². The normalized spacial score (nSPS) is 14.8. The van der Waals surface area contributed by atoms with Crippen LogP contribution in [0.4, 0.5) is 0 Å². The fourth-order valence-electron chi connectivity index (χ4n) is 1.73. The molecule has 0 unspecified atom stereocenters. The lowest BCUT2D eigenvalue weighted by Gasteiger charge is -2.02. The van der Waals surface area contributed by atoms with Gasteiger partial charge >= 0.3 is 0 Å². The van der Waals surface area contributed by atoms with Crippen molar-refractivity contribution in [3.63, 3.8) is 0 Å². The van der Waals surface area contributed by atoms with Crippen LogP contribution in [0, 0.1) is 0 Å². The number of hydrazone groups is 1. The molecule has 1 aliphatic rings. The number of nitrogens with one attached hydrogen (secondary N) is 1. The zero-order valence-corrected chi connectivity index (χ0v) is 10.7. The first-order valence-electron chi connectivity index (χ1n) is 5.47. The first kappa shape index (κ1) is 12.4. The summed E-state index contributed by atoms with van der Waals surface area (Å²) in [5, 5.41) is 4.90. The maximum absolute atomic E-state index is 11.7. The smallest absolute Gasteiger partial charge is 0.267 e. The van der Waals surface area contributed by atoms with Crippen molar-refractivity contribution in [2.45, 2.75) is 25.7 Å². The average molecular weight is 271 g/mol. The molecule has 1 saturated carbocycles. The summed E-state index contributed by atoms with van der Waals surface area (Å²) in [5.41, 5.74) is 4.05. The van der Waals surface area contributed by atoms with Gasteiger partial charge in [0.25, 0.3) is 5.91 Å². The number of hydrogen-bond donors (Lipinski definition) is 1. The Morgan fingerprint density at radius 2 is 1.88 bits per heavy atom. The summed E-state index contributed by atoms with van der Waals surface area (Å²) in [6, 6.07) is 4.76. The second-order valence-corrected chi connectivity index (χ2v) is 4.77. The van der Waals surface area contributed by atoms with E-state index in [4.69, 9.17) is 23.2 Å². The van der Waals surface area contributed by atoms with E-state index in [1.807, 2.05) is 0 Å². The molecule has 5 heteroatoms. The Morgan fingerprint density at radius 1 is 1.18 bits per heavy atom. The van der Waals surface area contributed by atoms with Gasteiger partial charge in [-0.25, -0.2) is 5.43 Å². The first-order valence-corrected chi connectivity index (χ1v) is 6.23. The Bertz CT molecular complexity index is 464. The van der Waals surface area contributed by atoms with E-state index in [2.05, 4.69) is 10.5 Å². The second-order valence-electron chi connectivity index (χ2n) is 3.95. The van der Waals surface area contributed by atoms with E-state index < -0.39 is 0 Å². The predicted molar refractivity (Wildman–Crippen MR) is 69.8 cm³/mol. The van der Waals surface area contributed by atoms with Crippen molar-refractivity contribution in [3.8, 4) is 0 Å². The Kier molecular flexibility index (Phi) is 4.02. The van der Waals surface area contributed by atoms with Crippen molar-refractivity contribution in [1.29, 1.82) is 0 Å². The van der Waals surface area contributed by atoms with Gasteiger partial charge in [0, 0.05) is 11.3 Å². The molecule has 0 bridgehead atoms. The summed E-state index contributed by atoms with van der Waals surface area (Å²) < 4.78 is 0. The number of halogens is 2. The van der Waals surface area contributed by atoms with Gasteiger partial charge in [0.1, 0.15) is 0 Å². The highest BCUT2D eigenvalue weighted by Gasteiger charge is 2.10. The molecule has 0 radical (unpaired) electrons. The highest BCUT2D eigenvalue weighted by Crippen LogP contribution is 2.22. The highest BCUT2D eigenvalue weighted by molar-refractivity contribution is 6.42. The van der Waals surface area contributed by atoms with Gasteiger partial charge in [0.15, 0.2) is 0 Å². The standard InChI is InChI=1S/C12H12Cl2N2O/c13-10-6-5-8(7-11(10)14)12(17)16-15-9-3-1-2-4-9/h5-7H,1-4H2,(H,16,17). The Balaban J connectivity index is 2.04. The lowest BCUT2D eigenvalue weighted by atomic mass is 10.2. The van der Waals surface area contributed by atoms with Crippen LogP contribution < -0.4 is 5.43 Å². The number of carbonyl (C=O) groups is 1. The molecule has 90 valence electrons. The molecule has 0 heterocycles. The van der Waals surface area contributed by atoms with Crippen molar-refractivity contribution in [1.82, 2.24) is 5.43 Å². The van der Waals surface area contributed by atoms with Gasteiger partial charge in [0.05, 0.1) is 10.0 Å². The molecule has 2 rings (SSSR count). The number of benzene rings is 1. The largest absolute Gasteiger partial charge is 0.271 e. The minimum absolute atomic E-state index is 0.261. The van der Waals surface area contributed by atoms with E-state index in [0.717, 1.165) is 31.4 Å². The van der Waals surface area contributed by atoms with E-state index in [9.17, 15) is 4.79 Å². The second kappa shape index (κ2) is 5.52. The monoisotopic (exact) mass is 270 g/mol. The highest BCUT2D eigenvalue weighted by atomic mass is 35.5. The van der Waals surface area contributed by atoms with Crippen LogP contribution in [0.3, 0.4) is 0 Å². The molecule has 0 spiro atoms. The van der Waals surface area contributed by atoms with Crippen molar-refractivity contribution >= 4 is 34.8 Å². The van der Waals surface area contributed by atoms with Crippen LogP contribution in [-0.2, 0) is 0 Å². The van der Waals surface area contributed by atoms with Gasteiger partial charge in [-0.1, -0.05) is 23.2 Å². The zero-order chi connectivity index (χ0) is 12.3. The van der Waals surface area contributed by atoms with Gasteiger partial charge in [-0.05, 0) is 43.9 Å². The predicted octanol–water partition coefficient (Wildman–Crippen LogP) is 3.65. The van der Waals surface area contributed by atoms with Crippen LogP contribution >= 0.6 is 23.2 Å². The quantitative estimate of drug-likeness (QED) is 0.819. The fraction of sp³-hybridized carbons (Fsp3) is 0.333. The van der Waals surface area contributed by atoms with E-state index in [1.165, 1.54) is 6.07 Å². The summed E-state index contributed by atoms with van der Waals surface area (Å²) in [4.78, 5) is 11.7. The molecule has 1 aliphatic carbocycles. The number of rotatable bonds is 2. The average Bonchev–Trinajstić information content (AvgIpc) is 2.82. The number of hydrogen-bond acceptors (Lipinski definition) is 2. The maximum Gasteiger partial charge on any atom is 0.271 e. The topological polar surface area (TPSA) is 41.5 Å². The van der Waals surface area contributed by atoms with Crippen LogP contribution in [-0.4, -0.2) is 11.6 Å². The maximum atomic E-state index is 11.7. The Labute approximate surface area is 110 Å². The molecule has 1 fully saturated rings. The molecule has 0 atom stereocenters. The third-order valence-electron chi connectivity index (χ3n) is 2.68. The van der Waals surface area contributed by atoms with Crippen LogP contribution in [0.2, 0.25) is 10.0 Å². The third kappa shape index (κ3) is 3.20. The van der Waals surface area contributed by atoms with E-state index in [-0.39, 0.29) is 5.91 Å². The molecule has 1 aromatic carbocycles. The third-order valence-corrected chi connectivity index (χ3v) is 3.42. The van der Waals surface area contributed by atoms with Gasteiger partial charge in [-0.3, -0.25) is 4.79 Å². The molecule has 1 N–H and O–H groups in total. The SMILES string of the molecule is O=C(NN=C1CCCC1)c1ccc(Cl)c(Cl)c1. The molecule has 1 amide bonds. The Morgan fingerprint density at radius 3 is 2.53 bits per heavy atom. The van der Waals surface area contributed by atoms with Crippen LogP contribution in [0.25, 0.3) is 0 Å². The zero-order valence-electron chi connectivity index (χ0n) is 9.17. The molecule has 0 saturated heterocycles. The van der Waals surface area contributed by atoms with E-state index >= 15 is 0 Å². The van der Waals surface area contributed by atoms with Gasteiger partial charge in [-0.15, -0.1) is 0 Å². The fourth-order valence-corrected chi connectivity index (χ4v) is 2.02. The number of nitrogens with zero attached hydrogens (tertiary/aromatic N) is 1. The summed E-state index contributed by atoms with van der Waals surface area (Å²) in [5.74, 6) is -0.261.